The number of nitrogens with zero attached hydrogens (tertiary/aromatic N) is 1. The molecule has 1 unspecified atom stereocenters. The first-order valence-corrected chi connectivity index (χ1v) is 7.71. The second-order valence-corrected chi connectivity index (χ2v) is 5.13. The van der Waals surface area contributed by atoms with Crippen LogP contribution in [0.5, 0.6) is 0 Å². The standard InChI is InChI=1S/C19H25NO2/c1-17(22-18(2)21)12-9-7-5-3-4-6-8-10-13-19-14-11-15-20-16-19/h4-8,10-11,14-17H,3,9,12-13H2,1-2H3. The van der Waals surface area contributed by atoms with Gasteiger partial charge in [-0.15, -0.1) is 0 Å². The fraction of sp³-hybridized carbons (Fsp3) is 0.368. The quantitative estimate of drug-likeness (QED) is 0.385. The lowest BCUT2D eigenvalue weighted by molar-refractivity contribution is -0.145. The maximum Gasteiger partial charge on any atom is 0.302 e. The van der Waals surface area contributed by atoms with Gasteiger partial charge in [0, 0.05) is 19.3 Å². The molecule has 118 valence electrons. The lowest BCUT2D eigenvalue weighted by Crippen LogP contribution is -2.11. The molecule has 0 aliphatic heterocycles. The summed E-state index contributed by atoms with van der Waals surface area (Å²) >= 11 is 0. The molecular formula is C19H25NO2. The minimum atomic E-state index is -0.211. The van der Waals surface area contributed by atoms with E-state index in [9.17, 15) is 4.79 Å². The highest BCUT2D eigenvalue weighted by Gasteiger charge is 2.02. The molecule has 0 spiro atoms. The van der Waals surface area contributed by atoms with Crippen molar-refractivity contribution < 1.29 is 9.53 Å². The summed E-state index contributed by atoms with van der Waals surface area (Å²) in [6.45, 7) is 3.36. The SMILES string of the molecule is CC(=O)OC(C)CCC=CCC=CC=CCc1cccnc1. The Morgan fingerprint density at radius 3 is 2.82 bits per heavy atom. The molecular weight excluding hydrogens is 274 g/mol. The maximum atomic E-state index is 10.7. The summed E-state index contributed by atoms with van der Waals surface area (Å²) in [4.78, 5) is 14.8. The van der Waals surface area contributed by atoms with Crippen LogP contribution in [-0.2, 0) is 16.0 Å². The van der Waals surface area contributed by atoms with Crippen LogP contribution in [0, 0.1) is 0 Å². The lowest BCUT2D eigenvalue weighted by Gasteiger charge is -2.09. The fourth-order valence-electron chi connectivity index (χ4n) is 1.92. The van der Waals surface area contributed by atoms with E-state index in [-0.39, 0.29) is 12.1 Å². The predicted molar refractivity (Wildman–Crippen MR) is 90.4 cm³/mol. The molecule has 0 radical (unpaired) electrons. The molecule has 0 saturated carbocycles. The Kier molecular flexibility index (Phi) is 9.35. The Hall–Kier alpha value is -2.16. The number of esters is 1. The average Bonchev–Trinajstić information content (AvgIpc) is 2.49. The van der Waals surface area contributed by atoms with E-state index in [1.165, 1.54) is 12.5 Å². The van der Waals surface area contributed by atoms with Crippen molar-refractivity contribution in [2.75, 3.05) is 0 Å². The summed E-state index contributed by atoms with van der Waals surface area (Å²) in [6.07, 6.45) is 19.9. The summed E-state index contributed by atoms with van der Waals surface area (Å²) in [6, 6.07) is 4.02. The number of aromatic nitrogens is 1. The number of rotatable bonds is 9. The molecule has 0 aliphatic rings. The van der Waals surface area contributed by atoms with E-state index >= 15 is 0 Å². The third-order valence-corrected chi connectivity index (χ3v) is 3.01. The first-order chi connectivity index (χ1) is 10.7. The zero-order valence-corrected chi connectivity index (χ0v) is 13.4. The second kappa shape index (κ2) is 11.5. The number of hydrogen-bond acceptors (Lipinski definition) is 3. The van der Waals surface area contributed by atoms with Crippen LogP contribution in [0.15, 0.2) is 61.0 Å². The van der Waals surface area contributed by atoms with Crippen molar-refractivity contribution >= 4 is 5.97 Å². The molecule has 3 heteroatoms. The van der Waals surface area contributed by atoms with E-state index in [2.05, 4.69) is 47.5 Å². The van der Waals surface area contributed by atoms with Gasteiger partial charge in [-0.25, -0.2) is 0 Å². The van der Waals surface area contributed by atoms with Gasteiger partial charge in [-0.05, 0) is 44.2 Å². The molecule has 0 N–H and O–H groups in total. The van der Waals surface area contributed by atoms with Crippen LogP contribution in [0.2, 0.25) is 0 Å². The van der Waals surface area contributed by atoms with Gasteiger partial charge in [0.1, 0.15) is 0 Å². The molecule has 0 aromatic carbocycles. The monoisotopic (exact) mass is 299 g/mol. The van der Waals surface area contributed by atoms with Gasteiger partial charge in [-0.3, -0.25) is 9.78 Å². The molecule has 0 bridgehead atoms. The molecule has 22 heavy (non-hydrogen) atoms. The van der Waals surface area contributed by atoms with Crippen LogP contribution >= 0.6 is 0 Å². The maximum absolute atomic E-state index is 10.7. The van der Waals surface area contributed by atoms with Crippen molar-refractivity contribution in [1.82, 2.24) is 4.98 Å². The Bertz CT molecular complexity index is 503. The summed E-state index contributed by atoms with van der Waals surface area (Å²) in [5.74, 6) is -0.211. The smallest absolute Gasteiger partial charge is 0.302 e. The summed E-state index contributed by atoms with van der Waals surface area (Å²) in [5, 5.41) is 0. The Balaban J connectivity index is 2.08. The number of allylic oxidation sites excluding steroid dienone is 6. The van der Waals surface area contributed by atoms with E-state index < -0.39 is 0 Å². The molecule has 0 saturated heterocycles. The molecule has 1 aromatic rings. The Labute approximate surface area is 133 Å². The molecule has 0 aliphatic carbocycles. The van der Waals surface area contributed by atoms with Crippen molar-refractivity contribution in [1.29, 1.82) is 0 Å². The van der Waals surface area contributed by atoms with E-state index in [1.54, 1.807) is 6.20 Å². The van der Waals surface area contributed by atoms with Crippen LogP contribution in [0.1, 0.15) is 38.7 Å². The molecule has 1 heterocycles. The second-order valence-electron chi connectivity index (χ2n) is 5.13. The topological polar surface area (TPSA) is 39.2 Å². The van der Waals surface area contributed by atoms with Crippen molar-refractivity contribution in [2.24, 2.45) is 0 Å². The largest absolute Gasteiger partial charge is 0.463 e. The minimum absolute atomic E-state index is 0.00639. The number of carbonyl (C=O) groups excluding carboxylic acids is 1. The Morgan fingerprint density at radius 1 is 1.27 bits per heavy atom. The van der Waals surface area contributed by atoms with E-state index in [1.807, 2.05) is 19.2 Å². The first kappa shape index (κ1) is 17.9. The van der Waals surface area contributed by atoms with Crippen LogP contribution in [-0.4, -0.2) is 17.1 Å². The zero-order valence-electron chi connectivity index (χ0n) is 13.4. The van der Waals surface area contributed by atoms with Gasteiger partial charge in [-0.2, -0.15) is 0 Å². The van der Waals surface area contributed by atoms with Crippen LogP contribution in [0.3, 0.4) is 0 Å². The van der Waals surface area contributed by atoms with Crippen LogP contribution < -0.4 is 0 Å². The molecule has 0 amide bonds. The molecule has 0 fully saturated rings. The number of carbonyl (C=O) groups is 1. The number of pyridine rings is 1. The van der Waals surface area contributed by atoms with E-state index in [4.69, 9.17) is 4.74 Å². The highest BCUT2D eigenvalue weighted by atomic mass is 16.5. The van der Waals surface area contributed by atoms with Gasteiger partial charge in [0.2, 0.25) is 0 Å². The summed E-state index contributed by atoms with van der Waals surface area (Å²) in [7, 11) is 0. The third kappa shape index (κ3) is 9.70. The predicted octanol–water partition coefficient (Wildman–Crippen LogP) is 4.41. The average molecular weight is 299 g/mol. The number of ether oxygens (including phenoxy) is 1. The van der Waals surface area contributed by atoms with Gasteiger partial charge in [0.05, 0.1) is 6.10 Å². The molecule has 1 atom stereocenters. The molecule has 1 aromatic heterocycles. The van der Waals surface area contributed by atoms with Gasteiger partial charge in [-0.1, -0.05) is 42.5 Å². The molecule has 3 nitrogen and oxygen atoms in total. The van der Waals surface area contributed by atoms with E-state index in [0.717, 1.165) is 25.7 Å². The van der Waals surface area contributed by atoms with Gasteiger partial charge < -0.3 is 4.74 Å². The fourth-order valence-corrected chi connectivity index (χ4v) is 1.92. The summed E-state index contributed by atoms with van der Waals surface area (Å²) in [5.41, 5.74) is 1.22. The van der Waals surface area contributed by atoms with Crippen molar-refractivity contribution in [3.8, 4) is 0 Å². The van der Waals surface area contributed by atoms with Crippen LogP contribution in [0.25, 0.3) is 0 Å². The van der Waals surface area contributed by atoms with Crippen LogP contribution in [0.4, 0.5) is 0 Å². The third-order valence-electron chi connectivity index (χ3n) is 3.01. The summed E-state index contributed by atoms with van der Waals surface area (Å²) < 4.78 is 5.06. The number of hydrogen-bond donors (Lipinski definition) is 0. The first-order valence-electron chi connectivity index (χ1n) is 7.71. The van der Waals surface area contributed by atoms with Crippen molar-refractivity contribution in [2.45, 2.75) is 45.6 Å². The van der Waals surface area contributed by atoms with Gasteiger partial charge >= 0.3 is 5.97 Å². The van der Waals surface area contributed by atoms with Gasteiger partial charge in [0.25, 0.3) is 0 Å². The van der Waals surface area contributed by atoms with E-state index in [0.29, 0.717) is 0 Å². The highest BCUT2D eigenvalue weighted by molar-refractivity contribution is 5.66. The van der Waals surface area contributed by atoms with Gasteiger partial charge in [0.15, 0.2) is 0 Å². The van der Waals surface area contributed by atoms with Crippen molar-refractivity contribution in [3.05, 3.63) is 66.5 Å². The minimum Gasteiger partial charge on any atom is -0.463 e. The Morgan fingerprint density at radius 2 is 2.09 bits per heavy atom. The lowest BCUT2D eigenvalue weighted by atomic mass is 10.2. The molecule has 1 rings (SSSR count). The highest BCUT2D eigenvalue weighted by Crippen LogP contribution is 2.03. The zero-order chi connectivity index (χ0) is 16.0. The van der Waals surface area contributed by atoms with Crippen molar-refractivity contribution in [3.63, 3.8) is 0 Å². The normalized spacial score (nSPS) is 13.2.